The van der Waals surface area contributed by atoms with Gasteiger partial charge in [0.05, 0.1) is 31.4 Å². The Hall–Kier alpha value is -2.12. The molecule has 1 saturated carbocycles. The average molecular weight is 429 g/mol. The summed E-state index contributed by atoms with van der Waals surface area (Å²) in [6.45, 7) is 1.76. The van der Waals surface area contributed by atoms with Crippen molar-refractivity contribution in [2.24, 2.45) is 0 Å². The van der Waals surface area contributed by atoms with Crippen LogP contribution in [0.4, 0.5) is 0 Å². The van der Waals surface area contributed by atoms with Crippen LogP contribution in [-0.2, 0) is 19.1 Å². The summed E-state index contributed by atoms with van der Waals surface area (Å²) >= 11 is 0. The van der Waals surface area contributed by atoms with Crippen LogP contribution in [0, 0.1) is 0 Å². The Balaban J connectivity index is 1.37. The van der Waals surface area contributed by atoms with Crippen LogP contribution in [0.2, 0.25) is 0 Å². The van der Waals surface area contributed by atoms with E-state index < -0.39 is 0 Å². The zero-order valence-corrected chi connectivity index (χ0v) is 18.0. The van der Waals surface area contributed by atoms with Gasteiger partial charge in [-0.2, -0.15) is 0 Å². The van der Waals surface area contributed by atoms with Gasteiger partial charge in [-0.1, -0.05) is 18.2 Å². The van der Waals surface area contributed by atoms with Gasteiger partial charge in [0.15, 0.2) is 6.61 Å². The molecule has 1 aromatic carbocycles. The normalized spacial score (nSPS) is 33.5. The lowest BCUT2D eigenvalue weighted by Gasteiger charge is -2.42. The fourth-order valence-electron chi connectivity index (χ4n) is 5.41. The Labute approximate surface area is 183 Å². The van der Waals surface area contributed by atoms with Crippen molar-refractivity contribution >= 4 is 11.8 Å². The van der Waals surface area contributed by atoms with Gasteiger partial charge in [0.1, 0.15) is 11.9 Å². The van der Waals surface area contributed by atoms with Crippen molar-refractivity contribution < 1.29 is 23.8 Å². The lowest BCUT2D eigenvalue weighted by molar-refractivity contribution is -0.149. The van der Waals surface area contributed by atoms with Crippen molar-refractivity contribution in [2.75, 3.05) is 26.4 Å². The summed E-state index contributed by atoms with van der Waals surface area (Å²) in [4.78, 5) is 27.6. The van der Waals surface area contributed by atoms with Crippen LogP contribution in [0.5, 0.6) is 5.75 Å². The lowest BCUT2D eigenvalue weighted by atomic mass is 9.82. The minimum atomic E-state index is -0.350. The van der Waals surface area contributed by atoms with E-state index in [4.69, 9.17) is 14.2 Å². The minimum absolute atomic E-state index is 0.00998. The molecule has 0 spiro atoms. The first-order valence-electron chi connectivity index (χ1n) is 11.7. The van der Waals surface area contributed by atoms with Crippen LogP contribution >= 0.6 is 0 Å². The molecule has 7 nitrogen and oxygen atoms in total. The third-order valence-electron chi connectivity index (χ3n) is 7.31. The molecule has 4 aliphatic heterocycles. The molecule has 0 aromatic heterocycles. The van der Waals surface area contributed by atoms with Crippen LogP contribution < -0.4 is 10.1 Å². The highest BCUT2D eigenvalue weighted by molar-refractivity contribution is 5.82. The molecule has 7 heteroatoms. The molecule has 0 unspecified atom stereocenters. The molecular weight excluding hydrogens is 396 g/mol. The zero-order valence-electron chi connectivity index (χ0n) is 18.0. The summed E-state index contributed by atoms with van der Waals surface area (Å²) in [5.41, 5.74) is 1.20. The Bertz CT molecular complexity index is 803. The summed E-state index contributed by atoms with van der Waals surface area (Å²) in [6, 6.07) is 7.81. The van der Waals surface area contributed by atoms with Crippen LogP contribution in [0.1, 0.15) is 56.4 Å². The second-order valence-corrected chi connectivity index (χ2v) is 9.19. The van der Waals surface area contributed by atoms with Crippen molar-refractivity contribution in [3.05, 3.63) is 29.8 Å². The molecule has 5 aliphatic rings. The van der Waals surface area contributed by atoms with Crippen LogP contribution in [-0.4, -0.2) is 67.4 Å². The van der Waals surface area contributed by atoms with E-state index in [-0.39, 0.29) is 42.7 Å². The summed E-state index contributed by atoms with van der Waals surface area (Å²) in [5.74, 6) is 1.15. The topological polar surface area (TPSA) is 77.1 Å². The summed E-state index contributed by atoms with van der Waals surface area (Å²) in [5, 5.41) is 3.14. The maximum atomic E-state index is 13.2. The maximum Gasteiger partial charge on any atom is 0.260 e. The Kier molecular flexibility index (Phi) is 6.14. The predicted molar refractivity (Wildman–Crippen MR) is 114 cm³/mol. The number of nitrogens with zero attached hydrogens (tertiary/aromatic N) is 1. The first kappa shape index (κ1) is 20.8. The molecule has 1 aromatic rings. The van der Waals surface area contributed by atoms with E-state index in [0.29, 0.717) is 25.7 Å². The Morgan fingerprint density at radius 3 is 2.61 bits per heavy atom. The van der Waals surface area contributed by atoms with E-state index in [0.717, 1.165) is 50.7 Å². The molecule has 6 rings (SSSR count). The number of carbonyl (C=O) groups excluding carboxylic acids is 2. The molecule has 2 bridgehead atoms. The van der Waals surface area contributed by atoms with Gasteiger partial charge >= 0.3 is 0 Å². The number of amides is 2. The zero-order chi connectivity index (χ0) is 21.2. The van der Waals surface area contributed by atoms with Gasteiger partial charge in [0.25, 0.3) is 5.91 Å². The molecule has 0 radical (unpaired) electrons. The Morgan fingerprint density at radius 2 is 1.84 bits per heavy atom. The van der Waals surface area contributed by atoms with Gasteiger partial charge in [0, 0.05) is 13.0 Å². The minimum Gasteiger partial charge on any atom is -0.483 e. The molecule has 1 aliphatic carbocycles. The van der Waals surface area contributed by atoms with Crippen molar-refractivity contribution in [3.63, 3.8) is 0 Å². The molecule has 168 valence electrons. The number of nitrogens with one attached hydrogen (secondary N) is 1. The maximum absolute atomic E-state index is 13.2. The SMILES string of the molecule is O=C(N[C@H]1CCCN2C(=O)COc3ccccc3C3CCC(CC3)OC[C@@H]12)[C@@H]1CCO1. The van der Waals surface area contributed by atoms with Gasteiger partial charge in [-0.3, -0.25) is 9.59 Å². The molecular formula is C24H32N2O5. The largest absolute Gasteiger partial charge is 0.483 e. The second-order valence-electron chi connectivity index (χ2n) is 9.19. The number of rotatable bonds is 2. The van der Waals surface area contributed by atoms with Gasteiger partial charge < -0.3 is 24.4 Å². The fraction of sp³-hybridized carbons (Fsp3) is 0.667. The highest BCUT2D eigenvalue weighted by atomic mass is 16.5. The number of hydrogen-bond donors (Lipinski definition) is 1. The number of piperidine rings is 1. The van der Waals surface area contributed by atoms with Crippen molar-refractivity contribution in [3.8, 4) is 5.75 Å². The summed E-state index contributed by atoms with van der Waals surface area (Å²) in [6.07, 6.45) is 6.44. The highest BCUT2D eigenvalue weighted by Gasteiger charge is 2.38. The van der Waals surface area contributed by atoms with E-state index in [2.05, 4.69) is 11.4 Å². The molecule has 4 heterocycles. The van der Waals surface area contributed by atoms with E-state index in [9.17, 15) is 9.59 Å². The Morgan fingerprint density at radius 1 is 1.03 bits per heavy atom. The summed E-state index contributed by atoms with van der Waals surface area (Å²) in [7, 11) is 0. The predicted octanol–water partition coefficient (Wildman–Crippen LogP) is 2.39. The molecule has 3 fully saturated rings. The standard InChI is InChI=1S/C24H32N2O5/c27-23-15-31-21-6-2-1-4-18(21)16-7-9-17(10-8-16)30-14-20-19(5-3-12-26(20)23)25-24(28)22-11-13-29-22/h1-2,4,6,16-17,19-20,22H,3,5,7-15H2,(H,25,28)/t16?,17?,19-,20-,22-/m0/s1. The molecule has 2 saturated heterocycles. The summed E-state index contributed by atoms with van der Waals surface area (Å²) < 4.78 is 17.7. The highest BCUT2D eigenvalue weighted by Crippen LogP contribution is 2.38. The van der Waals surface area contributed by atoms with Crippen molar-refractivity contribution in [1.29, 1.82) is 0 Å². The van der Waals surface area contributed by atoms with E-state index in [1.54, 1.807) is 0 Å². The second kappa shape index (κ2) is 9.17. The van der Waals surface area contributed by atoms with Crippen molar-refractivity contribution in [2.45, 2.75) is 75.2 Å². The lowest BCUT2D eigenvalue weighted by Crippen LogP contribution is -2.61. The monoisotopic (exact) mass is 428 g/mol. The number of fused-ring (bicyclic) bond motifs is 5. The third kappa shape index (κ3) is 4.44. The quantitative estimate of drug-likeness (QED) is 0.783. The van der Waals surface area contributed by atoms with Crippen LogP contribution in [0.25, 0.3) is 0 Å². The molecule has 31 heavy (non-hydrogen) atoms. The number of carbonyl (C=O) groups is 2. The molecule has 1 N–H and O–H groups in total. The smallest absolute Gasteiger partial charge is 0.260 e. The number of hydrogen-bond acceptors (Lipinski definition) is 5. The first-order valence-corrected chi connectivity index (χ1v) is 11.7. The third-order valence-corrected chi connectivity index (χ3v) is 7.31. The van der Waals surface area contributed by atoms with E-state index in [1.165, 1.54) is 5.56 Å². The first-order chi connectivity index (χ1) is 15.2. The van der Waals surface area contributed by atoms with E-state index in [1.807, 2.05) is 23.1 Å². The van der Waals surface area contributed by atoms with E-state index >= 15 is 0 Å². The van der Waals surface area contributed by atoms with Gasteiger partial charge in [-0.25, -0.2) is 0 Å². The average Bonchev–Trinajstić information content (AvgIpc) is 2.77. The van der Waals surface area contributed by atoms with Crippen molar-refractivity contribution in [1.82, 2.24) is 10.2 Å². The fourth-order valence-corrected chi connectivity index (χ4v) is 5.41. The van der Waals surface area contributed by atoms with Gasteiger partial charge in [-0.15, -0.1) is 0 Å². The van der Waals surface area contributed by atoms with Gasteiger partial charge in [0.2, 0.25) is 5.91 Å². The number of benzene rings is 1. The number of ether oxygens (including phenoxy) is 3. The molecule has 2 amide bonds. The van der Waals surface area contributed by atoms with Crippen LogP contribution in [0.3, 0.4) is 0 Å². The number of para-hydroxylation sites is 1. The van der Waals surface area contributed by atoms with Crippen LogP contribution in [0.15, 0.2) is 24.3 Å². The van der Waals surface area contributed by atoms with Gasteiger partial charge in [-0.05, 0) is 56.1 Å². The molecule has 3 atom stereocenters.